The maximum Gasteiger partial charge on any atom is 0.306 e. The zero-order valence-electron chi connectivity index (χ0n) is 16.6. The maximum absolute atomic E-state index is 12.2. The normalized spacial score (nSPS) is 10.3. The molecule has 0 aromatic heterocycles. The molecular formula is C22H25NO5S. The van der Waals surface area contributed by atoms with Crippen molar-refractivity contribution in [1.82, 2.24) is 0 Å². The van der Waals surface area contributed by atoms with Gasteiger partial charge in [0.25, 0.3) is 5.91 Å². The van der Waals surface area contributed by atoms with E-state index in [2.05, 4.69) is 5.32 Å². The highest BCUT2D eigenvalue weighted by Gasteiger charge is 2.13. The standard InChI is InChI=1S/C22H25NO5S/c1-3-14-27-17-10-8-16(9-11-17)19(24)12-13-22(26)28-15-21(25)23-18-6-4-5-7-20(18)29-2/h4-11H,3,12-15H2,1-2H3,(H,23,25). The molecule has 29 heavy (non-hydrogen) atoms. The van der Waals surface area contributed by atoms with Gasteiger partial charge in [-0.2, -0.15) is 0 Å². The molecule has 0 fully saturated rings. The lowest BCUT2D eigenvalue weighted by molar-refractivity contribution is -0.147. The van der Waals surface area contributed by atoms with Crippen molar-refractivity contribution in [2.24, 2.45) is 0 Å². The minimum absolute atomic E-state index is 0.0188. The fraction of sp³-hybridized carbons (Fsp3) is 0.318. The Kier molecular flexibility index (Phi) is 9.24. The summed E-state index contributed by atoms with van der Waals surface area (Å²) in [6, 6.07) is 14.2. The molecule has 154 valence electrons. The molecule has 1 N–H and O–H groups in total. The first-order valence-corrected chi connectivity index (χ1v) is 10.6. The van der Waals surface area contributed by atoms with Crippen LogP contribution < -0.4 is 10.1 Å². The van der Waals surface area contributed by atoms with Crippen molar-refractivity contribution < 1.29 is 23.9 Å². The van der Waals surface area contributed by atoms with Crippen molar-refractivity contribution in [3.05, 3.63) is 54.1 Å². The number of carbonyl (C=O) groups is 3. The highest BCUT2D eigenvalue weighted by molar-refractivity contribution is 7.98. The Labute approximate surface area is 175 Å². The number of thioether (sulfide) groups is 1. The molecule has 0 radical (unpaired) electrons. The number of benzene rings is 2. The Balaban J connectivity index is 1.73. The summed E-state index contributed by atoms with van der Waals surface area (Å²) in [5, 5.41) is 2.71. The van der Waals surface area contributed by atoms with Gasteiger partial charge in [0.1, 0.15) is 5.75 Å². The summed E-state index contributed by atoms with van der Waals surface area (Å²) in [7, 11) is 0. The van der Waals surface area contributed by atoms with E-state index < -0.39 is 11.9 Å². The van der Waals surface area contributed by atoms with Crippen LogP contribution in [0.2, 0.25) is 0 Å². The van der Waals surface area contributed by atoms with E-state index in [4.69, 9.17) is 9.47 Å². The molecular weight excluding hydrogens is 390 g/mol. The predicted octanol–water partition coefficient (Wildman–Crippen LogP) is 4.34. The maximum atomic E-state index is 12.2. The number of hydrogen-bond donors (Lipinski definition) is 1. The average Bonchev–Trinajstić information content (AvgIpc) is 2.75. The third kappa shape index (κ3) is 7.62. The minimum Gasteiger partial charge on any atom is -0.494 e. The van der Waals surface area contributed by atoms with E-state index in [0.29, 0.717) is 23.6 Å². The second-order valence-electron chi connectivity index (χ2n) is 6.21. The smallest absolute Gasteiger partial charge is 0.306 e. The van der Waals surface area contributed by atoms with Gasteiger partial charge in [-0.05, 0) is 49.1 Å². The van der Waals surface area contributed by atoms with Gasteiger partial charge in [-0.1, -0.05) is 19.1 Å². The molecule has 0 aliphatic carbocycles. The van der Waals surface area contributed by atoms with Crippen molar-refractivity contribution in [1.29, 1.82) is 0 Å². The number of amides is 1. The van der Waals surface area contributed by atoms with Gasteiger partial charge in [0.05, 0.1) is 18.7 Å². The Morgan fingerprint density at radius 1 is 1.00 bits per heavy atom. The summed E-state index contributed by atoms with van der Waals surface area (Å²) in [5.41, 5.74) is 1.18. The van der Waals surface area contributed by atoms with Crippen LogP contribution in [0.5, 0.6) is 5.75 Å². The average molecular weight is 416 g/mol. The van der Waals surface area contributed by atoms with Gasteiger partial charge < -0.3 is 14.8 Å². The van der Waals surface area contributed by atoms with E-state index in [1.807, 2.05) is 31.4 Å². The van der Waals surface area contributed by atoms with Gasteiger partial charge in [-0.25, -0.2) is 0 Å². The Bertz CT molecular complexity index is 835. The molecule has 0 unspecified atom stereocenters. The topological polar surface area (TPSA) is 81.7 Å². The number of nitrogens with one attached hydrogen (secondary N) is 1. The largest absolute Gasteiger partial charge is 0.494 e. The van der Waals surface area contributed by atoms with E-state index in [-0.39, 0.29) is 25.2 Å². The molecule has 0 saturated carbocycles. The number of para-hydroxylation sites is 1. The summed E-state index contributed by atoms with van der Waals surface area (Å²) in [5.74, 6) is -0.470. The molecule has 6 nitrogen and oxygen atoms in total. The van der Waals surface area contributed by atoms with Crippen LogP contribution in [-0.2, 0) is 14.3 Å². The first kappa shape index (κ1) is 22.5. The second kappa shape index (κ2) is 11.9. The van der Waals surface area contributed by atoms with E-state index in [1.165, 1.54) is 11.8 Å². The zero-order chi connectivity index (χ0) is 21.1. The van der Waals surface area contributed by atoms with Crippen LogP contribution in [0.1, 0.15) is 36.5 Å². The van der Waals surface area contributed by atoms with Crippen LogP contribution >= 0.6 is 11.8 Å². The monoisotopic (exact) mass is 415 g/mol. The van der Waals surface area contributed by atoms with E-state index in [9.17, 15) is 14.4 Å². The minimum atomic E-state index is -0.588. The molecule has 7 heteroatoms. The summed E-state index contributed by atoms with van der Waals surface area (Å²) in [6.45, 7) is 2.25. The molecule has 0 atom stereocenters. The molecule has 0 aliphatic rings. The molecule has 0 aliphatic heterocycles. The first-order chi connectivity index (χ1) is 14.0. The number of rotatable bonds is 11. The van der Waals surface area contributed by atoms with Gasteiger partial charge >= 0.3 is 5.97 Å². The number of ether oxygens (including phenoxy) is 2. The number of carbonyl (C=O) groups excluding carboxylic acids is 3. The summed E-state index contributed by atoms with van der Waals surface area (Å²) in [4.78, 5) is 36.9. The number of anilines is 1. The van der Waals surface area contributed by atoms with Crippen LogP contribution in [0.3, 0.4) is 0 Å². The fourth-order valence-corrected chi connectivity index (χ4v) is 3.02. The summed E-state index contributed by atoms with van der Waals surface area (Å²) < 4.78 is 10.4. The van der Waals surface area contributed by atoms with Gasteiger partial charge in [0.15, 0.2) is 12.4 Å². The summed E-state index contributed by atoms with van der Waals surface area (Å²) >= 11 is 1.51. The van der Waals surface area contributed by atoms with E-state index >= 15 is 0 Å². The highest BCUT2D eigenvalue weighted by atomic mass is 32.2. The fourth-order valence-electron chi connectivity index (χ4n) is 2.47. The molecule has 2 aromatic carbocycles. The third-order valence-corrected chi connectivity index (χ3v) is 4.75. The van der Waals surface area contributed by atoms with Gasteiger partial charge in [-0.3, -0.25) is 14.4 Å². The van der Waals surface area contributed by atoms with Gasteiger partial charge in [-0.15, -0.1) is 11.8 Å². The van der Waals surface area contributed by atoms with E-state index in [0.717, 1.165) is 11.3 Å². The number of esters is 1. The van der Waals surface area contributed by atoms with Crippen LogP contribution in [0.4, 0.5) is 5.69 Å². The molecule has 0 saturated heterocycles. The Morgan fingerprint density at radius 3 is 2.41 bits per heavy atom. The van der Waals surface area contributed by atoms with Gasteiger partial charge in [0.2, 0.25) is 0 Å². The van der Waals surface area contributed by atoms with Gasteiger partial charge in [0, 0.05) is 16.9 Å². The first-order valence-electron chi connectivity index (χ1n) is 9.38. The zero-order valence-corrected chi connectivity index (χ0v) is 17.4. The SMILES string of the molecule is CCCOc1ccc(C(=O)CCC(=O)OCC(=O)Nc2ccccc2SC)cc1. The number of ketones is 1. The lowest BCUT2D eigenvalue weighted by Gasteiger charge is -2.09. The van der Waals surface area contributed by atoms with Crippen LogP contribution in [-0.4, -0.2) is 37.1 Å². The second-order valence-corrected chi connectivity index (χ2v) is 7.05. The summed E-state index contributed by atoms with van der Waals surface area (Å²) in [6.07, 6.45) is 2.76. The third-order valence-electron chi connectivity index (χ3n) is 3.95. The van der Waals surface area contributed by atoms with Crippen molar-refractivity contribution in [2.45, 2.75) is 31.1 Å². The van der Waals surface area contributed by atoms with E-state index in [1.54, 1.807) is 30.3 Å². The number of Topliss-reactive ketones (excluding diaryl/α,β-unsaturated/α-hetero) is 1. The Hall–Kier alpha value is -2.80. The van der Waals surface area contributed by atoms with Crippen molar-refractivity contribution in [3.63, 3.8) is 0 Å². The van der Waals surface area contributed by atoms with Crippen molar-refractivity contribution >= 4 is 35.1 Å². The predicted molar refractivity (Wildman–Crippen MR) is 114 cm³/mol. The number of hydrogen-bond acceptors (Lipinski definition) is 6. The molecule has 0 heterocycles. The lowest BCUT2D eigenvalue weighted by Crippen LogP contribution is -2.21. The van der Waals surface area contributed by atoms with Crippen molar-refractivity contribution in [3.8, 4) is 5.75 Å². The molecule has 2 aromatic rings. The van der Waals surface area contributed by atoms with Crippen LogP contribution in [0.25, 0.3) is 0 Å². The molecule has 2 rings (SSSR count). The molecule has 0 spiro atoms. The van der Waals surface area contributed by atoms with Crippen LogP contribution in [0, 0.1) is 0 Å². The molecule has 1 amide bonds. The molecule has 0 bridgehead atoms. The lowest BCUT2D eigenvalue weighted by atomic mass is 10.1. The quantitative estimate of drug-likeness (QED) is 0.334. The highest BCUT2D eigenvalue weighted by Crippen LogP contribution is 2.24. The Morgan fingerprint density at radius 2 is 1.72 bits per heavy atom. The van der Waals surface area contributed by atoms with Crippen molar-refractivity contribution in [2.75, 3.05) is 24.8 Å². The van der Waals surface area contributed by atoms with Crippen LogP contribution in [0.15, 0.2) is 53.4 Å².